The van der Waals surface area contributed by atoms with Crippen molar-refractivity contribution in [3.63, 3.8) is 0 Å². The second-order valence-electron chi connectivity index (χ2n) is 4.14. The van der Waals surface area contributed by atoms with Crippen molar-refractivity contribution in [1.82, 2.24) is 15.6 Å². The lowest BCUT2D eigenvalue weighted by Crippen LogP contribution is -2.41. The van der Waals surface area contributed by atoms with E-state index in [0.29, 0.717) is 6.54 Å². The normalized spacial score (nSPS) is 26.8. The second-order valence-corrected chi connectivity index (χ2v) is 4.14. The largest absolute Gasteiger partial charge is 0.392 e. The van der Waals surface area contributed by atoms with Crippen LogP contribution in [-0.4, -0.2) is 27.6 Å². The third-order valence-electron chi connectivity index (χ3n) is 3.01. The molecule has 2 atom stereocenters. The van der Waals surface area contributed by atoms with E-state index in [4.69, 9.17) is 0 Å². The van der Waals surface area contributed by atoms with Gasteiger partial charge in [0, 0.05) is 12.6 Å². The quantitative estimate of drug-likeness (QED) is 0.772. The lowest BCUT2D eigenvalue weighted by Gasteiger charge is -2.28. The fourth-order valence-electron chi connectivity index (χ4n) is 1.99. The van der Waals surface area contributed by atoms with Gasteiger partial charge in [0.1, 0.15) is 11.4 Å². The van der Waals surface area contributed by atoms with Crippen LogP contribution in [-0.2, 0) is 6.54 Å². The molecule has 1 saturated carbocycles. The topological polar surface area (TPSA) is 71.2 Å². The summed E-state index contributed by atoms with van der Waals surface area (Å²) < 4.78 is 4.61. The minimum absolute atomic E-state index is 0.190. The Kier molecular flexibility index (Phi) is 3.33. The fraction of sp³-hybridized carbons (Fsp3) is 0.800. The predicted octanol–water partition coefficient (Wildman–Crippen LogP) is 0.771. The molecule has 84 valence electrons. The Morgan fingerprint density at radius 3 is 2.87 bits per heavy atom. The third kappa shape index (κ3) is 2.54. The molecule has 2 unspecified atom stereocenters. The summed E-state index contributed by atoms with van der Waals surface area (Å²) >= 11 is 0. The Bertz CT molecular complexity index is 313. The lowest BCUT2D eigenvalue weighted by molar-refractivity contribution is 0.0899. The van der Waals surface area contributed by atoms with E-state index in [0.717, 1.165) is 30.7 Å². The van der Waals surface area contributed by atoms with Crippen LogP contribution in [0.2, 0.25) is 0 Å². The average molecular weight is 211 g/mol. The van der Waals surface area contributed by atoms with E-state index in [2.05, 4.69) is 20.3 Å². The molecule has 0 radical (unpaired) electrons. The molecule has 5 nitrogen and oxygen atoms in total. The monoisotopic (exact) mass is 211 g/mol. The number of aromatic nitrogens is 2. The third-order valence-corrected chi connectivity index (χ3v) is 3.01. The van der Waals surface area contributed by atoms with Crippen LogP contribution in [0.1, 0.15) is 37.1 Å². The molecule has 1 aromatic heterocycles. The number of hydrogen-bond acceptors (Lipinski definition) is 5. The first kappa shape index (κ1) is 10.6. The number of nitrogens with one attached hydrogen (secondary N) is 1. The second kappa shape index (κ2) is 4.72. The van der Waals surface area contributed by atoms with E-state index in [1.807, 2.05) is 6.92 Å². The summed E-state index contributed by atoms with van der Waals surface area (Å²) in [7, 11) is 0. The molecule has 1 aromatic rings. The van der Waals surface area contributed by atoms with E-state index in [-0.39, 0.29) is 12.1 Å². The molecule has 5 heteroatoms. The summed E-state index contributed by atoms with van der Waals surface area (Å²) in [5.74, 6) is 0. The van der Waals surface area contributed by atoms with Crippen LogP contribution in [0.15, 0.2) is 4.63 Å². The van der Waals surface area contributed by atoms with E-state index < -0.39 is 0 Å². The van der Waals surface area contributed by atoms with Gasteiger partial charge in [-0.1, -0.05) is 23.2 Å². The molecule has 1 aliphatic rings. The Balaban J connectivity index is 1.84. The first-order chi connectivity index (χ1) is 7.27. The molecule has 2 N–H and O–H groups in total. The minimum Gasteiger partial charge on any atom is -0.392 e. The zero-order valence-corrected chi connectivity index (χ0v) is 8.94. The standard InChI is InChI=1S/C10H17N3O2/c1-7-9(13-15-12-7)6-11-8-4-2-3-5-10(8)14/h8,10-11,14H,2-6H2,1H3. The molecule has 0 amide bonds. The van der Waals surface area contributed by atoms with Crippen molar-refractivity contribution in [2.75, 3.05) is 0 Å². The van der Waals surface area contributed by atoms with Gasteiger partial charge in [0.15, 0.2) is 0 Å². The van der Waals surface area contributed by atoms with Gasteiger partial charge in [0.05, 0.1) is 6.10 Å². The van der Waals surface area contributed by atoms with Crippen LogP contribution in [0, 0.1) is 6.92 Å². The highest BCUT2D eigenvalue weighted by Crippen LogP contribution is 2.18. The molecule has 0 aromatic carbocycles. The molecule has 0 spiro atoms. The summed E-state index contributed by atoms with van der Waals surface area (Å²) in [4.78, 5) is 0. The molecule has 1 fully saturated rings. The van der Waals surface area contributed by atoms with Crippen LogP contribution < -0.4 is 5.32 Å². The van der Waals surface area contributed by atoms with Gasteiger partial charge >= 0.3 is 0 Å². The highest BCUT2D eigenvalue weighted by atomic mass is 16.6. The minimum atomic E-state index is -0.223. The molecular weight excluding hydrogens is 194 g/mol. The van der Waals surface area contributed by atoms with Gasteiger partial charge in [-0.2, -0.15) is 0 Å². The highest BCUT2D eigenvalue weighted by Gasteiger charge is 2.22. The van der Waals surface area contributed by atoms with Gasteiger partial charge in [-0.05, 0) is 19.8 Å². The Morgan fingerprint density at radius 2 is 2.20 bits per heavy atom. The van der Waals surface area contributed by atoms with Gasteiger partial charge in [-0.25, -0.2) is 4.63 Å². The molecule has 1 aliphatic carbocycles. The average Bonchev–Trinajstić information content (AvgIpc) is 2.63. The maximum atomic E-state index is 9.74. The van der Waals surface area contributed by atoms with Crippen LogP contribution in [0.25, 0.3) is 0 Å². The fourth-order valence-corrected chi connectivity index (χ4v) is 1.99. The first-order valence-corrected chi connectivity index (χ1v) is 5.47. The highest BCUT2D eigenvalue weighted by molar-refractivity contribution is 5.04. The van der Waals surface area contributed by atoms with E-state index in [1.165, 1.54) is 6.42 Å². The number of aliphatic hydroxyl groups is 1. The van der Waals surface area contributed by atoms with Crippen LogP contribution in [0.4, 0.5) is 0 Å². The van der Waals surface area contributed by atoms with E-state index in [9.17, 15) is 5.11 Å². The Labute approximate surface area is 88.8 Å². The zero-order chi connectivity index (χ0) is 10.7. The number of hydrogen-bond donors (Lipinski definition) is 2. The van der Waals surface area contributed by atoms with E-state index in [1.54, 1.807) is 0 Å². The van der Waals surface area contributed by atoms with Crippen molar-refractivity contribution in [2.24, 2.45) is 0 Å². The number of rotatable bonds is 3. The summed E-state index contributed by atoms with van der Waals surface area (Å²) in [6.45, 7) is 2.49. The zero-order valence-electron chi connectivity index (χ0n) is 8.94. The van der Waals surface area contributed by atoms with Crippen LogP contribution >= 0.6 is 0 Å². The van der Waals surface area contributed by atoms with Crippen LogP contribution in [0.5, 0.6) is 0 Å². The number of nitrogens with zero attached hydrogens (tertiary/aromatic N) is 2. The Morgan fingerprint density at radius 1 is 1.40 bits per heavy atom. The predicted molar refractivity (Wildman–Crippen MR) is 54.1 cm³/mol. The van der Waals surface area contributed by atoms with Crippen LogP contribution in [0.3, 0.4) is 0 Å². The number of aliphatic hydroxyl groups excluding tert-OH is 1. The SMILES string of the molecule is Cc1nonc1CNC1CCCCC1O. The van der Waals surface area contributed by atoms with E-state index >= 15 is 0 Å². The van der Waals surface area contributed by atoms with Gasteiger partial charge in [0.2, 0.25) is 0 Å². The molecular formula is C10H17N3O2. The molecule has 15 heavy (non-hydrogen) atoms. The van der Waals surface area contributed by atoms with Gasteiger partial charge in [-0.3, -0.25) is 0 Å². The summed E-state index contributed by atoms with van der Waals surface area (Å²) in [6.07, 6.45) is 4.02. The van der Waals surface area contributed by atoms with Gasteiger partial charge in [-0.15, -0.1) is 0 Å². The van der Waals surface area contributed by atoms with Gasteiger partial charge < -0.3 is 10.4 Å². The molecule has 2 rings (SSSR count). The summed E-state index contributed by atoms with van der Waals surface area (Å²) in [5.41, 5.74) is 1.64. The van der Waals surface area contributed by atoms with Crippen molar-refractivity contribution in [3.05, 3.63) is 11.4 Å². The van der Waals surface area contributed by atoms with Crippen molar-refractivity contribution in [1.29, 1.82) is 0 Å². The van der Waals surface area contributed by atoms with Crippen molar-refractivity contribution in [3.8, 4) is 0 Å². The summed E-state index contributed by atoms with van der Waals surface area (Å²) in [6, 6.07) is 0.190. The van der Waals surface area contributed by atoms with Crippen molar-refractivity contribution < 1.29 is 9.74 Å². The van der Waals surface area contributed by atoms with Gasteiger partial charge in [0.25, 0.3) is 0 Å². The molecule has 1 heterocycles. The maximum absolute atomic E-state index is 9.74. The van der Waals surface area contributed by atoms with Crippen molar-refractivity contribution in [2.45, 2.75) is 51.3 Å². The maximum Gasteiger partial charge on any atom is 0.121 e. The lowest BCUT2D eigenvalue weighted by atomic mass is 9.92. The van der Waals surface area contributed by atoms with Crippen molar-refractivity contribution >= 4 is 0 Å². The summed E-state index contributed by atoms with van der Waals surface area (Å²) in [5, 5.41) is 20.6. The molecule has 0 aliphatic heterocycles. The Hall–Kier alpha value is -0.940. The first-order valence-electron chi connectivity index (χ1n) is 5.47. The molecule has 0 saturated heterocycles. The number of aryl methyl sites for hydroxylation is 1. The molecule has 0 bridgehead atoms. The smallest absolute Gasteiger partial charge is 0.121 e.